The van der Waals surface area contributed by atoms with Crippen LogP contribution < -0.4 is 9.51 Å². The number of amides is 1. The molecule has 0 radical (unpaired) electrons. The van der Waals surface area contributed by atoms with Crippen LogP contribution in [0.2, 0.25) is 0 Å². The predicted molar refractivity (Wildman–Crippen MR) is 104 cm³/mol. The van der Waals surface area contributed by atoms with Crippen LogP contribution >= 0.6 is 23.1 Å². The molecule has 0 spiro atoms. The number of aliphatic hydroxyl groups excluding tert-OH is 1. The van der Waals surface area contributed by atoms with Gasteiger partial charge in [-0.2, -0.15) is 4.40 Å². The van der Waals surface area contributed by atoms with Crippen LogP contribution in [-0.2, 0) is 16.1 Å². The van der Waals surface area contributed by atoms with Gasteiger partial charge in [0.15, 0.2) is 0 Å². The van der Waals surface area contributed by atoms with Crippen molar-refractivity contribution in [1.82, 2.24) is 9.47 Å². The largest absolute Gasteiger partial charge is 0.543 e. The van der Waals surface area contributed by atoms with E-state index in [2.05, 4.69) is 11.5 Å². The highest BCUT2D eigenvalue weighted by Gasteiger charge is 2.59. The second-order valence-electron chi connectivity index (χ2n) is 7.43. The minimum absolute atomic E-state index is 0.0453. The van der Waals surface area contributed by atoms with Crippen molar-refractivity contribution in [3.8, 4) is 0 Å². The maximum absolute atomic E-state index is 12.5. The summed E-state index contributed by atoms with van der Waals surface area (Å²) in [6, 6.07) is -0.332. The number of β-lactam (4-membered cyclic amide) rings is 1. The molecule has 2 aliphatic rings. The van der Waals surface area contributed by atoms with Crippen LogP contribution in [0.3, 0.4) is 0 Å². The summed E-state index contributed by atoms with van der Waals surface area (Å²) in [5.74, 6) is -2.43. The van der Waals surface area contributed by atoms with E-state index in [9.17, 15) is 19.8 Å². The zero-order valence-electron chi connectivity index (χ0n) is 16.2. The van der Waals surface area contributed by atoms with Crippen LogP contribution in [0.1, 0.15) is 32.1 Å². The van der Waals surface area contributed by atoms with Crippen molar-refractivity contribution in [2.45, 2.75) is 50.9 Å². The molecule has 2 aromatic heterocycles. The number of aromatic nitrogens is 2. The first-order valence-corrected chi connectivity index (χ1v) is 11.4. The second-order valence-corrected chi connectivity index (χ2v) is 9.26. The molecular weight excluding hydrogens is 398 g/mol. The minimum Gasteiger partial charge on any atom is -0.543 e. The number of hydrogen-bond donors (Lipinski definition) is 1. The van der Waals surface area contributed by atoms with Crippen LogP contribution in [0.5, 0.6) is 0 Å². The summed E-state index contributed by atoms with van der Waals surface area (Å²) in [6.45, 7) is 6.55. The SMILES string of the molecule is CCCn1c[n+]2cc(C3=C(C(=O)[O-])N4C(=O)[C@H]([C@@H](C)O)[C@H]4[C@H]3C)sc2c1SC. The molecule has 150 valence electrons. The number of aliphatic hydroxyl groups is 1. The Morgan fingerprint density at radius 1 is 1.50 bits per heavy atom. The Morgan fingerprint density at radius 2 is 2.21 bits per heavy atom. The van der Waals surface area contributed by atoms with Crippen molar-refractivity contribution in [2.24, 2.45) is 11.8 Å². The Balaban J connectivity index is 1.83. The third-order valence-corrected chi connectivity index (χ3v) is 7.78. The van der Waals surface area contributed by atoms with Gasteiger partial charge >= 0.3 is 0 Å². The Morgan fingerprint density at radius 3 is 2.79 bits per heavy atom. The van der Waals surface area contributed by atoms with Crippen LogP contribution in [0, 0.1) is 11.8 Å². The molecule has 2 aromatic rings. The number of fused-ring (bicyclic) bond motifs is 2. The first-order valence-electron chi connectivity index (χ1n) is 9.36. The van der Waals surface area contributed by atoms with E-state index in [1.165, 1.54) is 16.2 Å². The number of carbonyl (C=O) groups is 2. The number of imidazole rings is 1. The van der Waals surface area contributed by atoms with Gasteiger partial charge in [0.05, 0.1) is 41.2 Å². The standard InChI is InChI=1S/C19H23N3O4S2/c1-5-6-20-8-21-7-11(28-18(21)17(20)27-4)12-9(2)14-13(10(3)23)16(24)22(14)15(12)19(25)26/h7-10,13-14,23H,5-6H2,1-4H3/t9-,10+,13+,14+/m0/s1. The highest BCUT2D eigenvalue weighted by atomic mass is 32.2. The number of hydrogen-bond acceptors (Lipinski definition) is 6. The van der Waals surface area contributed by atoms with E-state index in [4.69, 9.17) is 0 Å². The number of rotatable bonds is 6. The molecule has 4 rings (SSSR count). The van der Waals surface area contributed by atoms with Crippen molar-refractivity contribution in [3.63, 3.8) is 0 Å². The maximum Gasteiger partial charge on any atom is 0.250 e. The summed E-state index contributed by atoms with van der Waals surface area (Å²) in [5.41, 5.74) is 0.584. The van der Waals surface area contributed by atoms with Crippen molar-refractivity contribution < 1.29 is 24.2 Å². The molecule has 4 heterocycles. The average molecular weight is 422 g/mol. The molecule has 7 nitrogen and oxygen atoms in total. The number of carboxylic acids is 1. The van der Waals surface area contributed by atoms with Crippen LogP contribution in [0.4, 0.5) is 0 Å². The van der Waals surface area contributed by atoms with Gasteiger partial charge in [-0.25, -0.2) is 4.57 Å². The zero-order valence-corrected chi connectivity index (χ0v) is 17.8. The van der Waals surface area contributed by atoms with E-state index < -0.39 is 18.0 Å². The number of nitrogens with zero attached hydrogens (tertiary/aromatic N) is 3. The van der Waals surface area contributed by atoms with Gasteiger partial charge in [-0.15, -0.1) is 0 Å². The number of carboxylic acid groups (broad SMARTS) is 1. The molecule has 1 N–H and O–H groups in total. The Bertz CT molecular complexity index is 1010. The van der Waals surface area contributed by atoms with Gasteiger partial charge in [-0.05, 0) is 19.6 Å². The maximum atomic E-state index is 12.5. The van der Waals surface area contributed by atoms with Gasteiger partial charge < -0.3 is 19.9 Å². The summed E-state index contributed by atoms with van der Waals surface area (Å²) in [6.07, 6.45) is 6.22. The van der Waals surface area contributed by atoms with Crippen molar-refractivity contribution >= 4 is 45.4 Å². The number of thiazole rings is 1. The van der Waals surface area contributed by atoms with Crippen molar-refractivity contribution in [3.05, 3.63) is 23.1 Å². The predicted octanol–water partition coefficient (Wildman–Crippen LogP) is 0.739. The smallest absolute Gasteiger partial charge is 0.250 e. The fourth-order valence-electron chi connectivity index (χ4n) is 4.55. The average Bonchev–Trinajstić information content (AvgIpc) is 3.22. The topological polar surface area (TPSA) is 89.7 Å². The molecule has 0 bridgehead atoms. The Kier molecular flexibility index (Phi) is 4.79. The molecule has 1 saturated heterocycles. The van der Waals surface area contributed by atoms with E-state index in [-0.39, 0.29) is 23.6 Å². The van der Waals surface area contributed by atoms with Gasteiger partial charge in [0.25, 0.3) is 6.33 Å². The number of thioether (sulfide) groups is 1. The summed E-state index contributed by atoms with van der Waals surface area (Å²) in [5, 5.41) is 23.0. The van der Waals surface area contributed by atoms with E-state index in [1.54, 1.807) is 18.7 Å². The van der Waals surface area contributed by atoms with E-state index in [1.807, 2.05) is 30.1 Å². The highest BCUT2D eigenvalue weighted by molar-refractivity contribution is 7.98. The molecule has 0 unspecified atom stereocenters. The van der Waals surface area contributed by atoms with E-state index in [0.717, 1.165) is 27.7 Å². The Hall–Kier alpha value is -1.84. The summed E-state index contributed by atoms with van der Waals surface area (Å²) in [7, 11) is 0. The van der Waals surface area contributed by atoms with Crippen LogP contribution in [0.25, 0.3) is 10.4 Å². The van der Waals surface area contributed by atoms with Gasteiger partial charge in [0, 0.05) is 11.5 Å². The molecule has 0 aromatic carbocycles. The molecule has 9 heteroatoms. The second kappa shape index (κ2) is 6.89. The zero-order chi connectivity index (χ0) is 20.3. The summed E-state index contributed by atoms with van der Waals surface area (Å²) >= 11 is 3.20. The molecule has 0 aliphatic carbocycles. The van der Waals surface area contributed by atoms with E-state index >= 15 is 0 Å². The van der Waals surface area contributed by atoms with Gasteiger partial charge in [-0.3, -0.25) is 4.79 Å². The molecule has 0 saturated carbocycles. The van der Waals surface area contributed by atoms with Crippen LogP contribution in [0.15, 0.2) is 23.2 Å². The summed E-state index contributed by atoms with van der Waals surface area (Å²) in [4.78, 5) is 27.6. The normalized spacial score (nSPS) is 25.4. The monoisotopic (exact) mass is 421 g/mol. The van der Waals surface area contributed by atoms with Crippen LogP contribution in [-0.4, -0.2) is 44.9 Å². The first kappa shape index (κ1) is 19.5. The fraction of sp³-hybridized carbons (Fsp3) is 0.526. The third-order valence-electron chi connectivity index (χ3n) is 5.69. The molecule has 1 fully saturated rings. The highest BCUT2D eigenvalue weighted by Crippen LogP contribution is 2.51. The number of aryl methyl sites for hydroxylation is 1. The fourth-order valence-corrected chi connectivity index (χ4v) is 6.75. The number of carbonyl (C=O) groups excluding carboxylic acids is 2. The summed E-state index contributed by atoms with van der Waals surface area (Å²) < 4.78 is 4.23. The quantitative estimate of drug-likeness (QED) is 0.422. The van der Waals surface area contributed by atoms with Gasteiger partial charge in [0.1, 0.15) is 6.20 Å². The van der Waals surface area contributed by atoms with Gasteiger partial charge in [-0.1, -0.05) is 36.9 Å². The molecular formula is C19H23N3O4S2. The Labute approximate surface area is 171 Å². The van der Waals surface area contributed by atoms with Crippen molar-refractivity contribution in [1.29, 1.82) is 0 Å². The third kappa shape index (κ3) is 2.56. The minimum atomic E-state index is -1.34. The van der Waals surface area contributed by atoms with E-state index in [0.29, 0.717) is 5.57 Å². The number of aliphatic carboxylic acids is 1. The molecule has 4 atom stereocenters. The lowest BCUT2D eigenvalue weighted by Crippen LogP contribution is -2.64. The lowest BCUT2D eigenvalue weighted by atomic mass is 9.77. The molecule has 2 aliphatic heterocycles. The lowest BCUT2D eigenvalue weighted by Gasteiger charge is -2.47. The lowest BCUT2D eigenvalue weighted by molar-refractivity contribution is -0.508. The van der Waals surface area contributed by atoms with Gasteiger partial charge in [0.2, 0.25) is 15.8 Å². The molecule has 28 heavy (non-hydrogen) atoms. The first-order chi connectivity index (χ1) is 13.3. The van der Waals surface area contributed by atoms with Crippen molar-refractivity contribution in [2.75, 3.05) is 6.26 Å². The molecule has 1 amide bonds.